The van der Waals surface area contributed by atoms with Crippen molar-refractivity contribution in [3.63, 3.8) is 0 Å². The molecular formula is C25H24BrN5O4. The van der Waals surface area contributed by atoms with E-state index in [-0.39, 0.29) is 22.5 Å². The maximum Gasteiger partial charge on any atom is 0.276 e. The number of aryl methyl sites for hydroxylation is 1. The van der Waals surface area contributed by atoms with Crippen molar-refractivity contribution in [3.8, 4) is 28.7 Å². The fraction of sp³-hybridized carbons (Fsp3) is 0.240. The lowest BCUT2D eigenvalue weighted by atomic mass is 10.1. The first-order valence-electron chi connectivity index (χ1n) is 10.8. The van der Waals surface area contributed by atoms with Crippen LogP contribution in [-0.4, -0.2) is 36.7 Å². The van der Waals surface area contributed by atoms with E-state index in [0.29, 0.717) is 34.6 Å². The maximum absolute atomic E-state index is 13.3. The average molecular weight is 538 g/mol. The molecule has 0 saturated heterocycles. The van der Waals surface area contributed by atoms with Gasteiger partial charge in [-0.2, -0.15) is 4.98 Å². The van der Waals surface area contributed by atoms with E-state index >= 15 is 0 Å². The van der Waals surface area contributed by atoms with Crippen molar-refractivity contribution in [1.29, 1.82) is 0 Å². The lowest BCUT2D eigenvalue weighted by Gasteiger charge is -2.16. The molecule has 0 aliphatic carbocycles. The number of hydrogen-bond acceptors (Lipinski definition) is 8. The predicted octanol–water partition coefficient (Wildman–Crippen LogP) is 3.97. The molecule has 0 radical (unpaired) electrons. The van der Waals surface area contributed by atoms with Gasteiger partial charge in [0.05, 0.1) is 24.2 Å². The van der Waals surface area contributed by atoms with Crippen LogP contribution in [0.4, 0.5) is 0 Å². The zero-order valence-corrected chi connectivity index (χ0v) is 21.3. The summed E-state index contributed by atoms with van der Waals surface area (Å²) in [7, 11) is 1.54. The van der Waals surface area contributed by atoms with E-state index in [0.717, 1.165) is 5.56 Å². The van der Waals surface area contributed by atoms with Crippen molar-refractivity contribution >= 4 is 15.9 Å². The van der Waals surface area contributed by atoms with Gasteiger partial charge in [-0.05, 0) is 61.0 Å². The molecule has 0 aliphatic rings. The van der Waals surface area contributed by atoms with Gasteiger partial charge in [0.25, 0.3) is 5.56 Å². The number of hydrogen-bond donors (Lipinski definition) is 1. The topological polar surface area (TPSA) is 112 Å². The highest BCUT2D eigenvalue weighted by Gasteiger charge is 2.20. The molecule has 180 valence electrons. The van der Waals surface area contributed by atoms with E-state index in [1.807, 2.05) is 30.3 Å². The third-order valence-corrected chi connectivity index (χ3v) is 5.79. The molecule has 0 spiro atoms. The summed E-state index contributed by atoms with van der Waals surface area (Å²) in [6, 6.07) is 14.4. The highest BCUT2D eigenvalue weighted by atomic mass is 79.9. The second-order valence-corrected chi connectivity index (χ2v) is 9.05. The highest BCUT2D eigenvalue weighted by Crippen LogP contribution is 2.25. The summed E-state index contributed by atoms with van der Waals surface area (Å²) >= 11 is 3.34. The summed E-state index contributed by atoms with van der Waals surface area (Å²) in [4.78, 5) is 30.7. The number of halogens is 1. The Morgan fingerprint density at radius 2 is 1.86 bits per heavy atom. The Balaban J connectivity index is 1.66. The quantitative estimate of drug-likeness (QED) is 0.376. The number of nitrogens with zero attached hydrogens (tertiary/aromatic N) is 5. The Morgan fingerprint density at radius 3 is 2.60 bits per heavy atom. The molecule has 1 aromatic carbocycles. The third-order valence-electron chi connectivity index (χ3n) is 5.12. The second-order valence-electron chi connectivity index (χ2n) is 8.25. The van der Waals surface area contributed by atoms with Gasteiger partial charge in [-0.25, -0.2) is 15.0 Å². The van der Waals surface area contributed by atoms with Gasteiger partial charge in [0.15, 0.2) is 5.82 Å². The molecule has 35 heavy (non-hydrogen) atoms. The van der Waals surface area contributed by atoms with Crippen LogP contribution in [0.5, 0.6) is 11.8 Å². The Morgan fingerprint density at radius 1 is 1.09 bits per heavy atom. The summed E-state index contributed by atoms with van der Waals surface area (Å²) < 4.78 is 12.6. The molecule has 10 heteroatoms. The standard InChI is InChI=1S/C25H24BrN5O4/c1-15-28-22(35-14-17-8-6-10-20(29-17)34-4)21(26)23(32)31(15)18-9-5-7-16(13-18)19-11-12-27-24(30-19)25(2,3)33/h5-13,33H,14H2,1-4H3. The monoisotopic (exact) mass is 537 g/mol. The minimum atomic E-state index is -1.17. The molecule has 9 nitrogen and oxygen atoms in total. The van der Waals surface area contributed by atoms with Gasteiger partial charge >= 0.3 is 0 Å². The number of pyridine rings is 1. The molecule has 0 bridgehead atoms. The van der Waals surface area contributed by atoms with Crippen LogP contribution in [0.2, 0.25) is 0 Å². The molecule has 4 aromatic rings. The fourth-order valence-electron chi connectivity index (χ4n) is 3.39. The van der Waals surface area contributed by atoms with Crippen molar-refractivity contribution in [3.05, 3.63) is 86.9 Å². The molecule has 3 aromatic heterocycles. The molecular weight excluding hydrogens is 514 g/mol. The van der Waals surface area contributed by atoms with Crippen LogP contribution in [-0.2, 0) is 12.2 Å². The number of aliphatic hydroxyl groups is 1. The van der Waals surface area contributed by atoms with Gasteiger partial charge in [0, 0.05) is 17.8 Å². The molecule has 4 rings (SSSR count). The molecule has 0 unspecified atom stereocenters. The minimum absolute atomic E-state index is 0.123. The van der Waals surface area contributed by atoms with Crippen molar-refractivity contribution in [2.45, 2.75) is 33.0 Å². The van der Waals surface area contributed by atoms with Crippen LogP contribution >= 0.6 is 15.9 Å². The highest BCUT2D eigenvalue weighted by molar-refractivity contribution is 9.10. The van der Waals surface area contributed by atoms with E-state index in [2.05, 4.69) is 35.9 Å². The van der Waals surface area contributed by atoms with Gasteiger partial charge in [-0.15, -0.1) is 0 Å². The number of methoxy groups -OCH3 is 1. The fourth-order valence-corrected chi connectivity index (χ4v) is 3.78. The van der Waals surface area contributed by atoms with Crippen LogP contribution in [0.25, 0.3) is 16.9 Å². The molecule has 1 N–H and O–H groups in total. The summed E-state index contributed by atoms with van der Waals surface area (Å²) in [5.41, 5.74) is 1.16. The summed E-state index contributed by atoms with van der Waals surface area (Å²) in [6.07, 6.45) is 1.60. The maximum atomic E-state index is 13.3. The van der Waals surface area contributed by atoms with Crippen LogP contribution in [0.1, 0.15) is 31.2 Å². The Labute approximate surface area is 210 Å². The minimum Gasteiger partial charge on any atom is -0.481 e. The number of ether oxygens (including phenoxy) is 2. The zero-order chi connectivity index (χ0) is 25.2. The molecule has 0 amide bonds. The Kier molecular flexibility index (Phi) is 6.95. The molecule has 0 saturated carbocycles. The largest absolute Gasteiger partial charge is 0.481 e. The molecule has 0 fully saturated rings. The van der Waals surface area contributed by atoms with Gasteiger partial charge in [0.2, 0.25) is 11.8 Å². The SMILES string of the molecule is COc1cccc(COc2nc(C)n(-c3cccc(-c4ccnc(C(C)(C)O)n4)c3)c(=O)c2Br)n1. The smallest absolute Gasteiger partial charge is 0.276 e. The van der Waals surface area contributed by atoms with Gasteiger partial charge in [-0.1, -0.05) is 18.2 Å². The van der Waals surface area contributed by atoms with Gasteiger partial charge < -0.3 is 14.6 Å². The summed E-state index contributed by atoms with van der Waals surface area (Å²) in [5, 5.41) is 10.3. The lowest BCUT2D eigenvalue weighted by molar-refractivity contribution is 0.0688. The Hall–Kier alpha value is -3.63. The van der Waals surface area contributed by atoms with Crippen molar-refractivity contribution in [2.24, 2.45) is 0 Å². The van der Waals surface area contributed by atoms with Crippen LogP contribution in [0, 0.1) is 6.92 Å². The first-order chi connectivity index (χ1) is 16.7. The van der Waals surface area contributed by atoms with Gasteiger partial charge in [0.1, 0.15) is 22.5 Å². The Bertz CT molecular complexity index is 1430. The van der Waals surface area contributed by atoms with E-state index in [4.69, 9.17) is 9.47 Å². The number of rotatable bonds is 7. The summed E-state index contributed by atoms with van der Waals surface area (Å²) in [5.74, 6) is 1.41. The molecule has 0 aliphatic heterocycles. The number of benzene rings is 1. The van der Waals surface area contributed by atoms with E-state index in [1.165, 1.54) is 4.57 Å². The predicted molar refractivity (Wildman–Crippen MR) is 134 cm³/mol. The molecule has 3 heterocycles. The van der Waals surface area contributed by atoms with Gasteiger partial charge in [-0.3, -0.25) is 9.36 Å². The zero-order valence-electron chi connectivity index (χ0n) is 19.7. The molecule has 0 atom stereocenters. The summed E-state index contributed by atoms with van der Waals surface area (Å²) in [6.45, 7) is 5.11. The number of aromatic nitrogens is 5. The van der Waals surface area contributed by atoms with Crippen molar-refractivity contribution in [2.75, 3.05) is 7.11 Å². The first-order valence-corrected chi connectivity index (χ1v) is 11.6. The average Bonchev–Trinajstić information content (AvgIpc) is 2.85. The van der Waals surface area contributed by atoms with Crippen LogP contribution < -0.4 is 15.0 Å². The van der Waals surface area contributed by atoms with E-state index in [1.54, 1.807) is 52.3 Å². The van der Waals surface area contributed by atoms with Crippen LogP contribution in [0.3, 0.4) is 0 Å². The van der Waals surface area contributed by atoms with Crippen molar-refractivity contribution < 1.29 is 14.6 Å². The third kappa shape index (κ3) is 5.39. The normalized spacial score (nSPS) is 11.4. The van der Waals surface area contributed by atoms with Crippen LogP contribution in [0.15, 0.2) is 64.0 Å². The van der Waals surface area contributed by atoms with E-state index in [9.17, 15) is 9.90 Å². The second kappa shape index (κ2) is 9.93. The van der Waals surface area contributed by atoms with E-state index < -0.39 is 5.60 Å². The lowest BCUT2D eigenvalue weighted by Crippen LogP contribution is -2.24. The van der Waals surface area contributed by atoms with Crippen molar-refractivity contribution in [1.82, 2.24) is 24.5 Å². The first kappa shape index (κ1) is 24.5.